The molecular weight excluding hydrogens is 672 g/mol. The quantitative estimate of drug-likeness (QED) is 0.217. The number of carboxylic acid groups (broad SMARTS) is 1. The first kappa shape index (κ1) is 40.6. The van der Waals surface area contributed by atoms with Gasteiger partial charge in [0, 0.05) is 16.7 Å². The van der Waals surface area contributed by atoms with E-state index in [4.69, 9.17) is 24.1 Å². The van der Waals surface area contributed by atoms with E-state index >= 15 is 0 Å². The van der Waals surface area contributed by atoms with Crippen LogP contribution in [0.5, 0.6) is 0 Å². The predicted molar refractivity (Wildman–Crippen MR) is 187 cm³/mol. The molecule has 2 heterocycles. The van der Waals surface area contributed by atoms with Crippen LogP contribution in [0.2, 0.25) is 0 Å². The van der Waals surface area contributed by atoms with Gasteiger partial charge in [-0.1, -0.05) is 11.8 Å². The zero-order valence-corrected chi connectivity index (χ0v) is 29.6. The largest absolute Gasteiger partial charge is 0.478 e. The zero-order valence-electron chi connectivity index (χ0n) is 29.6. The Morgan fingerprint density at radius 2 is 1.19 bits per heavy atom. The summed E-state index contributed by atoms with van der Waals surface area (Å²) in [5.74, 6) is 19.0. The second-order valence-electron chi connectivity index (χ2n) is 13.3. The van der Waals surface area contributed by atoms with Crippen molar-refractivity contribution in [3.8, 4) is 47.4 Å². The number of carboxylic acids is 1. The van der Waals surface area contributed by atoms with Gasteiger partial charge in [0.2, 0.25) is 0 Å². The van der Waals surface area contributed by atoms with E-state index in [2.05, 4.69) is 58.0 Å². The molecule has 13 heteroatoms. The van der Waals surface area contributed by atoms with Crippen LogP contribution in [0, 0.1) is 47.4 Å². The van der Waals surface area contributed by atoms with Gasteiger partial charge in [0.05, 0.1) is 44.6 Å². The van der Waals surface area contributed by atoms with Crippen molar-refractivity contribution < 1.29 is 53.4 Å². The molecule has 0 spiro atoms. The number of aliphatic hydroxyl groups is 2. The first-order chi connectivity index (χ1) is 24.3. The van der Waals surface area contributed by atoms with E-state index in [1.807, 2.05) is 0 Å². The van der Waals surface area contributed by atoms with Crippen LogP contribution in [0.25, 0.3) is 0 Å². The summed E-state index contributed by atoms with van der Waals surface area (Å²) < 4.78 is 19.8. The molecule has 0 unspecified atom stereocenters. The molecule has 2 saturated heterocycles. The van der Waals surface area contributed by atoms with E-state index in [0.717, 1.165) is 0 Å². The topological polar surface area (TPSA) is 190 Å². The fraction of sp³-hybridized carbons (Fsp3) is 0.385. The van der Waals surface area contributed by atoms with Crippen LogP contribution < -0.4 is 10.6 Å². The molecule has 2 aliphatic heterocycles. The third-order valence-corrected chi connectivity index (χ3v) is 7.03. The smallest absolute Gasteiger partial charge is 0.408 e. The van der Waals surface area contributed by atoms with Crippen molar-refractivity contribution in [2.24, 2.45) is 0 Å². The number of hydrogen-bond donors (Lipinski definition) is 5. The second kappa shape index (κ2) is 17.4. The molecule has 0 aromatic heterocycles. The monoisotopic (exact) mass is 712 g/mol. The fourth-order valence-electron chi connectivity index (χ4n) is 4.14. The van der Waals surface area contributed by atoms with Crippen LogP contribution in [0.4, 0.5) is 4.79 Å². The van der Waals surface area contributed by atoms with Crippen LogP contribution in [0.3, 0.4) is 0 Å². The summed E-state index contributed by atoms with van der Waals surface area (Å²) in [6.07, 6.45) is -0.733. The Bertz CT molecular complexity index is 1890. The molecule has 2 fully saturated rings. The van der Waals surface area contributed by atoms with Crippen molar-refractivity contribution in [3.63, 3.8) is 0 Å². The lowest BCUT2D eigenvalue weighted by Crippen LogP contribution is -2.62. The number of esters is 1. The van der Waals surface area contributed by atoms with Crippen LogP contribution in [-0.2, 0) is 23.7 Å². The van der Waals surface area contributed by atoms with Crippen LogP contribution in [-0.4, -0.2) is 101 Å². The highest BCUT2D eigenvalue weighted by Gasteiger charge is 2.40. The van der Waals surface area contributed by atoms with Crippen molar-refractivity contribution >= 4 is 23.9 Å². The number of alkyl carbamates (subject to hydrolysis) is 1. The van der Waals surface area contributed by atoms with E-state index in [9.17, 15) is 29.4 Å². The second-order valence-corrected chi connectivity index (χ2v) is 13.3. The summed E-state index contributed by atoms with van der Waals surface area (Å²) in [5, 5.41) is 33.3. The number of rotatable bonds is 6. The third-order valence-electron chi connectivity index (χ3n) is 7.03. The maximum Gasteiger partial charge on any atom is 0.408 e. The van der Waals surface area contributed by atoms with Crippen molar-refractivity contribution in [3.05, 3.63) is 70.8 Å². The lowest BCUT2D eigenvalue weighted by atomic mass is 9.94. The summed E-state index contributed by atoms with van der Waals surface area (Å²) in [4.78, 5) is 48.1. The lowest BCUT2D eigenvalue weighted by molar-refractivity contribution is -0.144. The Morgan fingerprint density at radius 1 is 0.750 bits per heavy atom. The molecule has 0 bridgehead atoms. The molecule has 2 aromatic carbocycles. The van der Waals surface area contributed by atoms with E-state index in [0.29, 0.717) is 11.1 Å². The van der Waals surface area contributed by atoms with Crippen LogP contribution in [0.1, 0.15) is 66.5 Å². The van der Waals surface area contributed by atoms with Gasteiger partial charge in [0.15, 0.2) is 11.2 Å². The number of carbonyl (C=O) groups is 4. The summed E-state index contributed by atoms with van der Waals surface area (Å²) in [6, 6.07) is 11.3. The standard InChI is InChI=1S/C25H30N2O7.C14H10O4/c1-23(2,3)34-22(30)27-24(4,5)19(21(29)32-6)26-20(28)18-12-10-17(11-13-18)9-7-8-14-25(31)15-33-16-25;15-13(16)12-6-4-11(5-7-12)3-1-2-8-14(17)9-18-10-14/h10-13,19,31H,15-16H2,1-6H3,(H,26,28)(H,27,30);4-7,17H,9-10H2,(H,15,16)/t19-;/m1./s1. The Kier molecular flexibility index (Phi) is 13.6. The van der Waals surface area contributed by atoms with Gasteiger partial charge in [0.25, 0.3) is 5.91 Å². The zero-order chi connectivity index (χ0) is 38.6. The van der Waals surface area contributed by atoms with Gasteiger partial charge in [-0.05, 0) is 119 Å². The van der Waals surface area contributed by atoms with E-state index in [1.54, 1.807) is 71.0 Å². The molecule has 2 aromatic rings. The lowest BCUT2D eigenvalue weighted by Gasteiger charge is -2.34. The Balaban J connectivity index is 0.000000338. The first-order valence-electron chi connectivity index (χ1n) is 15.8. The average molecular weight is 713 g/mol. The normalized spacial score (nSPS) is 15.2. The van der Waals surface area contributed by atoms with Crippen LogP contribution >= 0.6 is 0 Å². The molecule has 0 aliphatic carbocycles. The third kappa shape index (κ3) is 12.8. The van der Waals surface area contributed by atoms with Gasteiger partial charge < -0.3 is 44.9 Å². The Labute approximate surface area is 302 Å². The van der Waals surface area contributed by atoms with Crippen LogP contribution in [0.15, 0.2) is 48.5 Å². The number of hydrogen-bond acceptors (Lipinski definition) is 10. The minimum Gasteiger partial charge on any atom is -0.478 e. The summed E-state index contributed by atoms with van der Waals surface area (Å²) in [5.41, 5.74) is -2.35. The van der Waals surface area contributed by atoms with Gasteiger partial charge in [-0.2, -0.15) is 0 Å². The van der Waals surface area contributed by atoms with E-state index < -0.39 is 52.3 Å². The molecule has 52 heavy (non-hydrogen) atoms. The molecule has 13 nitrogen and oxygen atoms in total. The van der Waals surface area contributed by atoms with Crippen molar-refractivity contribution in [2.75, 3.05) is 33.5 Å². The van der Waals surface area contributed by atoms with Gasteiger partial charge in [0.1, 0.15) is 11.6 Å². The molecule has 0 saturated carbocycles. The molecule has 1 atom stereocenters. The number of ether oxygens (including phenoxy) is 4. The predicted octanol–water partition coefficient (Wildman–Crippen LogP) is 1.88. The maximum absolute atomic E-state index is 12.8. The fourth-order valence-corrected chi connectivity index (χ4v) is 4.14. The number of nitrogens with one attached hydrogen (secondary N) is 2. The molecule has 2 aliphatic rings. The first-order valence-corrected chi connectivity index (χ1v) is 15.8. The van der Waals surface area contributed by atoms with E-state index in [1.165, 1.54) is 19.2 Å². The van der Waals surface area contributed by atoms with Gasteiger partial charge in [-0.15, -0.1) is 0 Å². The number of methoxy groups -OCH3 is 1. The summed E-state index contributed by atoms with van der Waals surface area (Å²) >= 11 is 0. The van der Waals surface area contributed by atoms with Crippen molar-refractivity contribution in [1.82, 2.24) is 10.6 Å². The van der Waals surface area contributed by atoms with Crippen molar-refractivity contribution in [1.29, 1.82) is 0 Å². The van der Waals surface area contributed by atoms with Gasteiger partial charge in [-0.25, -0.2) is 14.4 Å². The number of aromatic carboxylic acids is 1. The maximum atomic E-state index is 12.8. The Morgan fingerprint density at radius 3 is 1.56 bits per heavy atom. The summed E-state index contributed by atoms with van der Waals surface area (Å²) in [7, 11) is 1.19. The number of benzene rings is 2. The SMILES string of the molecule is COC(=O)[C@@H](NC(=O)c1ccc(C#CC#CC2(O)COC2)cc1)C(C)(C)NC(=O)OC(C)(C)C.O=C(O)c1ccc(C#CC#CC2(O)COC2)cc1. The van der Waals surface area contributed by atoms with E-state index in [-0.39, 0.29) is 37.6 Å². The molecule has 4 rings (SSSR count). The minimum absolute atomic E-state index is 0.169. The number of carbonyl (C=O) groups excluding carboxylic acids is 3. The highest BCUT2D eigenvalue weighted by Crippen LogP contribution is 2.17. The average Bonchev–Trinajstić information content (AvgIpc) is 3.05. The molecule has 0 radical (unpaired) electrons. The molecule has 272 valence electrons. The molecular formula is C39H40N2O11. The number of amides is 2. The van der Waals surface area contributed by atoms with Gasteiger partial charge in [-0.3, -0.25) is 4.79 Å². The molecule has 2 amide bonds. The molecule has 5 N–H and O–H groups in total. The minimum atomic E-state index is -1.22. The highest BCUT2D eigenvalue weighted by molar-refractivity contribution is 5.97. The summed E-state index contributed by atoms with van der Waals surface area (Å²) in [6.45, 7) is 9.06. The van der Waals surface area contributed by atoms with Gasteiger partial charge >= 0.3 is 18.0 Å². The highest BCUT2D eigenvalue weighted by atomic mass is 16.6. The van der Waals surface area contributed by atoms with Crippen molar-refractivity contribution in [2.45, 2.75) is 63.0 Å². The Hall–Kier alpha value is -5.80.